The third-order valence-electron chi connectivity index (χ3n) is 2.61. The number of aromatic nitrogens is 2. The second kappa shape index (κ2) is 6.45. The molecule has 0 aliphatic heterocycles. The van der Waals surface area contributed by atoms with Crippen LogP contribution in [0.5, 0.6) is 0 Å². The van der Waals surface area contributed by atoms with Crippen LogP contribution in [0.4, 0.5) is 5.82 Å². The number of nitrogens with zero attached hydrogens (tertiary/aromatic N) is 2. The topological polar surface area (TPSA) is 63.8 Å². The summed E-state index contributed by atoms with van der Waals surface area (Å²) >= 11 is 10.8. The van der Waals surface area contributed by atoms with Crippen LogP contribution in [0.3, 0.4) is 0 Å². The first-order valence-corrected chi connectivity index (χ1v) is 6.55. The molecule has 19 heavy (non-hydrogen) atoms. The molecule has 0 unspecified atom stereocenters. The Morgan fingerprint density at radius 2 is 2.00 bits per heavy atom. The molecule has 0 radical (unpaired) electrons. The SMILES string of the molecule is NC(=S)c1ccnnc1NCCc1ccc(Cl)cc1. The summed E-state index contributed by atoms with van der Waals surface area (Å²) in [4.78, 5) is 0.309. The quantitative estimate of drug-likeness (QED) is 0.829. The van der Waals surface area contributed by atoms with Crippen LogP contribution < -0.4 is 11.1 Å². The van der Waals surface area contributed by atoms with E-state index in [0.29, 0.717) is 16.4 Å². The van der Waals surface area contributed by atoms with E-state index >= 15 is 0 Å². The summed E-state index contributed by atoms with van der Waals surface area (Å²) in [5.74, 6) is 0.615. The Kier molecular flexibility index (Phi) is 4.65. The molecule has 1 aromatic carbocycles. The van der Waals surface area contributed by atoms with Crippen LogP contribution in [-0.4, -0.2) is 21.7 Å². The molecule has 0 aliphatic rings. The minimum absolute atomic E-state index is 0.309. The molecule has 2 rings (SSSR count). The van der Waals surface area contributed by atoms with E-state index in [-0.39, 0.29) is 0 Å². The zero-order valence-corrected chi connectivity index (χ0v) is 11.7. The van der Waals surface area contributed by atoms with Crippen molar-refractivity contribution < 1.29 is 0 Å². The van der Waals surface area contributed by atoms with Crippen LogP contribution >= 0.6 is 23.8 Å². The van der Waals surface area contributed by atoms with Crippen LogP contribution in [0.15, 0.2) is 36.5 Å². The molecule has 0 aliphatic carbocycles. The van der Waals surface area contributed by atoms with Gasteiger partial charge in [0.1, 0.15) is 4.99 Å². The average molecular weight is 293 g/mol. The van der Waals surface area contributed by atoms with Gasteiger partial charge in [-0.2, -0.15) is 5.10 Å². The van der Waals surface area contributed by atoms with Gasteiger partial charge in [-0.25, -0.2) is 0 Å². The van der Waals surface area contributed by atoms with E-state index in [9.17, 15) is 0 Å². The first-order chi connectivity index (χ1) is 9.16. The maximum Gasteiger partial charge on any atom is 0.158 e. The van der Waals surface area contributed by atoms with Gasteiger partial charge in [0, 0.05) is 11.6 Å². The van der Waals surface area contributed by atoms with Gasteiger partial charge in [0.25, 0.3) is 0 Å². The summed E-state index contributed by atoms with van der Waals surface area (Å²) in [6.45, 7) is 0.718. The van der Waals surface area contributed by atoms with Gasteiger partial charge >= 0.3 is 0 Å². The van der Waals surface area contributed by atoms with Gasteiger partial charge in [-0.1, -0.05) is 36.0 Å². The molecule has 6 heteroatoms. The number of nitrogens with one attached hydrogen (secondary N) is 1. The lowest BCUT2D eigenvalue weighted by molar-refractivity contribution is 0.964. The Labute approximate surface area is 122 Å². The van der Waals surface area contributed by atoms with Gasteiger partial charge in [0.2, 0.25) is 0 Å². The van der Waals surface area contributed by atoms with Gasteiger partial charge in [-0.3, -0.25) is 0 Å². The van der Waals surface area contributed by atoms with Gasteiger partial charge in [-0.05, 0) is 30.2 Å². The van der Waals surface area contributed by atoms with Crippen LogP contribution in [0.2, 0.25) is 5.02 Å². The normalized spacial score (nSPS) is 10.2. The first-order valence-electron chi connectivity index (χ1n) is 5.76. The molecule has 0 saturated heterocycles. The standard InChI is InChI=1S/C13H13ClN4S/c14-10-3-1-9(2-4-10)5-7-16-13-11(12(15)19)6-8-17-18-13/h1-4,6,8H,5,7H2,(H2,15,19)(H,16,18). The fraction of sp³-hybridized carbons (Fsp3) is 0.154. The third-order valence-corrected chi connectivity index (χ3v) is 3.08. The molecule has 0 bridgehead atoms. The molecule has 98 valence electrons. The molecule has 3 N–H and O–H groups in total. The summed E-state index contributed by atoms with van der Waals surface area (Å²) in [5.41, 5.74) is 7.52. The molecule has 0 spiro atoms. The van der Waals surface area contributed by atoms with E-state index in [4.69, 9.17) is 29.6 Å². The fourth-order valence-electron chi connectivity index (χ4n) is 1.64. The molecule has 0 amide bonds. The summed E-state index contributed by atoms with van der Waals surface area (Å²) < 4.78 is 0. The number of thiocarbonyl (C=S) groups is 1. The van der Waals surface area contributed by atoms with Crippen LogP contribution in [0.1, 0.15) is 11.1 Å². The largest absolute Gasteiger partial charge is 0.389 e. The summed E-state index contributed by atoms with van der Waals surface area (Å²) in [7, 11) is 0. The molecular formula is C13H13ClN4S. The van der Waals surface area contributed by atoms with Crippen LogP contribution in [-0.2, 0) is 6.42 Å². The molecule has 0 atom stereocenters. The Balaban J connectivity index is 1.96. The Morgan fingerprint density at radius 3 is 2.68 bits per heavy atom. The second-order valence-electron chi connectivity index (χ2n) is 3.96. The number of hydrogen-bond acceptors (Lipinski definition) is 4. The highest BCUT2D eigenvalue weighted by atomic mass is 35.5. The number of halogens is 1. The molecule has 4 nitrogen and oxygen atoms in total. The number of benzene rings is 1. The highest BCUT2D eigenvalue weighted by molar-refractivity contribution is 7.80. The third kappa shape index (κ3) is 3.87. The summed E-state index contributed by atoms with van der Waals surface area (Å²) in [6.07, 6.45) is 2.42. The van der Waals surface area contributed by atoms with Crippen molar-refractivity contribution in [1.29, 1.82) is 0 Å². The Morgan fingerprint density at radius 1 is 1.26 bits per heavy atom. The fourth-order valence-corrected chi connectivity index (χ4v) is 1.93. The minimum Gasteiger partial charge on any atom is -0.389 e. The Bertz CT molecular complexity index is 571. The van der Waals surface area contributed by atoms with E-state index in [1.807, 2.05) is 24.3 Å². The van der Waals surface area contributed by atoms with Crippen molar-refractivity contribution in [3.63, 3.8) is 0 Å². The Hall–Kier alpha value is -1.72. The molecule has 1 aromatic heterocycles. The van der Waals surface area contributed by atoms with Crippen LogP contribution in [0, 0.1) is 0 Å². The first kappa shape index (κ1) is 13.7. The van der Waals surface area contributed by atoms with Crippen LogP contribution in [0.25, 0.3) is 0 Å². The van der Waals surface area contributed by atoms with E-state index in [2.05, 4.69) is 15.5 Å². The summed E-state index contributed by atoms with van der Waals surface area (Å²) in [5, 5.41) is 11.7. The minimum atomic E-state index is 0.309. The van der Waals surface area contributed by atoms with Crippen molar-refractivity contribution >= 4 is 34.6 Å². The average Bonchev–Trinajstić information content (AvgIpc) is 2.41. The molecule has 0 fully saturated rings. The van der Waals surface area contributed by atoms with Gasteiger partial charge in [0.05, 0.1) is 11.8 Å². The van der Waals surface area contributed by atoms with E-state index < -0.39 is 0 Å². The van der Waals surface area contributed by atoms with E-state index in [1.54, 1.807) is 12.3 Å². The highest BCUT2D eigenvalue weighted by Gasteiger charge is 2.05. The predicted molar refractivity (Wildman–Crippen MR) is 81.6 cm³/mol. The lowest BCUT2D eigenvalue weighted by atomic mass is 10.1. The number of rotatable bonds is 5. The maximum atomic E-state index is 5.84. The van der Waals surface area contributed by atoms with Crippen molar-refractivity contribution in [2.75, 3.05) is 11.9 Å². The lowest BCUT2D eigenvalue weighted by Gasteiger charge is -2.08. The summed E-state index contributed by atoms with van der Waals surface area (Å²) in [6, 6.07) is 9.49. The van der Waals surface area contributed by atoms with Crippen molar-refractivity contribution in [2.45, 2.75) is 6.42 Å². The number of hydrogen-bond donors (Lipinski definition) is 2. The zero-order valence-electron chi connectivity index (χ0n) is 10.1. The van der Waals surface area contributed by atoms with Gasteiger partial charge in [-0.15, -0.1) is 5.10 Å². The second-order valence-corrected chi connectivity index (χ2v) is 4.84. The van der Waals surface area contributed by atoms with Crippen molar-refractivity contribution in [3.05, 3.63) is 52.7 Å². The predicted octanol–water partition coefficient (Wildman–Crippen LogP) is 2.42. The zero-order chi connectivity index (χ0) is 13.7. The molecular weight excluding hydrogens is 280 g/mol. The monoisotopic (exact) mass is 292 g/mol. The molecule has 1 heterocycles. The lowest BCUT2D eigenvalue weighted by Crippen LogP contribution is -2.16. The smallest absolute Gasteiger partial charge is 0.158 e. The van der Waals surface area contributed by atoms with Gasteiger partial charge < -0.3 is 11.1 Å². The van der Waals surface area contributed by atoms with Crippen molar-refractivity contribution in [3.8, 4) is 0 Å². The number of anilines is 1. The van der Waals surface area contributed by atoms with Gasteiger partial charge in [0.15, 0.2) is 5.82 Å². The van der Waals surface area contributed by atoms with E-state index in [1.165, 1.54) is 5.56 Å². The molecule has 2 aromatic rings. The van der Waals surface area contributed by atoms with Crippen molar-refractivity contribution in [2.24, 2.45) is 5.73 Å². The van der Waals surface area contributed by atoms with Crippen molar-refractivity contribution in [1.82, 2.24) is 10.2 Å². The maximum absolute atomic E-state index is 5.84. The number of nitrogens with two attached hydrogens (primary N) is 1. The molecule has 0 saturated carbocycles. The highest BCUT2D eigenvalue weighted by Crippen LogP contribution is 2.12. The van der Waals surface area contributed by atoms with E-state index in [0.717, 1.165) is 18.0 Å².